The van der Waals surface area contributed by atoms with Gasteiger partial charge in [0, 0.05) is 0 Å². The largest absolute Gasteiger partial charge is 0.481 e. The van der Waals surface area contributed by atoms with Gasteiger partial charge in [0.2, 0.25) is 0 Å². The maximum atomic E-state index is 10.3. The van der Waals surface area contributed by atoms with Crippen LogP contribution < -0.4 is 0 Å². The standard InChI is InChI=1S/C6H8O2/c7-5(8)6-2-1-4(6)3-6/h4H,1-3H2,(H,7,8). The van der Waals surface area contributed by atoms with E-state index < -0.39 is 5.97 Å². The molecule has 2 aliphatic rings. The monoisotopic (exact) mass is 112 g/mol. The van der Waals surface area contributed by atoms with Gasteiger partial charge in [0.05, 0.1) is 5.41 Å². The summed E-state index contributed by atoms with van der Waals surface area (Å²) >= 11 is 0. The van der Waals surface area contributed by atoms with Gasteiger partial charge in [0.1, 0.15) is 0 Å². The lowest BCUT2D eigenvalue weighted by atomic mass is 9.85. The van der Waals surface area contributed by atoms with Crippen molar-refractivity contribution >= 4 is 5.97 Å². The minimum absolute atomic E-state index is 0.194. The topological polar surface area (TPSA) is 37.3 Å². The van der Waals surface area contributed by atoms with Gasteiger partial charge in [0.25, 0.3) is 0 Å². The average Bonchev–Trinajstić information content (AvgIpc) is 2.10. The van der Waals surface area contributed by atoms with Gasteiger partial charge in [-0.3, -0.25) is 4.79 Å². The van der Waals surface area contributed by atoms with Crippen molar-refractivity contribution < 1.29 is 9.90 Å². The molecule has 0 bridgehead atoms. The molecule has 2 heteroatoms. The molecule has 2 atom stereocenters. The van der Waals surface area contributed by atoms with Crippen LogP contribution in [0.2, 0.25) is 0 Å². The second-order valence-corrected chi connectivity index (χ2v) is 2.90. The van der Waals surface area contributed by atoms with Crippen LogP contribution in [-0.2, 0) is 4.79 Å². The molecular formula is C6H8O2. The smallest absolute Gasteiger partial charge is 0.309 e. The van der Waals surface area contributed by atoms with Gasteiger partial charge < -0.3 is 5.11 Å². The molecule has 1 N–H and O–H groups in total. The fourth-order valence-electron chi connectivity index (χ4n) is 1.65. The van der Waals surface area contributed by atoms with Gasteiger partial charge in [-0.2, -0.15) is 0 Å². The van der Waals surface area contributed by atoms with Crippen LogP contribution in [-0.4, -0.2) is 11.1 Å². The van der Waals surface area contributed by atoms with Crippen LogP contribution in [0.4, 0.5) is 0 Å². The van der Waals surface area contributed by atoms with Crippen LogP contribution >= 0.6 is 0 Å². The summed E-state index contributed by atoms with van der Waals surface area (Å²) in [5.41, 5.74) is -0.194. The van der Waals surface area contributed by atoms with Crippen LogP contribution in [0.25, 0.3) is 0 Å². The molecule has 0 amide bonds. The predicted octanol–water partition coefficient (Wildman–Crippen LogP) is 0.871. The van der Waals surface area contributed by atoms with Crippen molar-refractivity contribution in [3.8, 4) is 0 Å². The van der Waals surface area contributed by atoms with Crippen LogP contribution in [0.15, 0.2) is 0 Å². The van der Waals surface area contributed by atoms with Crippen molar-refractivity contribution in [3.05, 3.63) is 0 Å². The maximum Gasteiger partial charge on any atom is 0.309 e. The Morgan fingerprint density at radius 3 is 2.50 bits per heavy atom. The molecule has 2 unspecified atom stereocenters. The molecule has 0 saturated heterocycles. The van der Waals surface area contributed by atoms with Crippen molar-refractivity contribution in [2.75, 3.05) is 0 Å². The first-order chi connectivity index (χ1) is 3.76. The summed E-state index contributed by atoms with van der Waals surface area (Å²) in [5.74, 6) is 0.00810. The molecule has 2 nitrogen and oxygen atoms in total. The SMILES string of the molecule is O=C(O)C12CCC1C2. The Labute approximate surface area is 47.5 Å². The van der Waals surface area contributed by atoms with E-state index in [9.17, 15) is 4.79 Å². The summed E-state index contributed by atoms with van der Waals surface area (Å²) in [6.45, 7) is 0. The van der Waals surface area contributed by atoms with E-state index in [1.165, 1.54) is 0 Å². The van der Waals surface area contributed by atoms with E-state index in [1.54, 1.807) is 0 Å². The molecule has 0 aromatic heterocycles. The number of rotatable bonds is 1. The molecule has 0 aromatic rings. The van der Waals surface area contributed by atoms with E-state index in [0.717, 1.165) is 19.3 Å². The average molecular weight is 112 g/mol. The third kappa shape index (κ3) is 0.261. The Balaban J connectivity index is 2.18. The number of carboxylic acids is 1. The van der Waals surface area contributed by atoms with E-state index in [1.807, 2.05) is 0 Å². The van der Waals surface area contributed by atoms with Gasteiger partial charge in [-0.05, 0) is 25.2 Å². The number of aliphatic carboxylic acids is 1. The second-order valence-electron chi connectivity index (χ2n) is 2.90. The molecule has 0 aliphatic heterocycles. The van der Waals surface area contributed by atoms with E-state index in [2.05, 4.69) is 0 Å². The van der Waals surface area contributed by atoms with Gasteiger partial charge >= 0.3 is 5.97 Å². The van der Waals surface area contributed by atoms with Crippen molar-refractivity contribution in [1.82, 2.24) is 0 Å². The molecule has 0 spiro atoms. The van der Waals surface area contributed by atoms with E-state index >= 15 is 0 Å². The molecule has 0 heterocycles. The zero-order valence-corrected chi connectivity index (χ0v) is 4.55. The summed E-state index contributed by atoms with van der Waals surface area (Å²) in [6.07, 6.45) is 3.06. The lowest BCUT2D eigenvalue weighted by molar-refractivity contribution is -0.146. The first kappa shape index (κ1) is 4.36. The number of hydrogen-bond acceptors (Lipinski definition) is 1. The molecule has 2 rings (SSSR count). The highest BCUT2D eigenvalue weighted by Gasteiger charge is 2.66. The molecule has 2 saturated carbocycles. The Kier molecular flexibility index (Phi) is 0.504. The van der Waals surface area contributed by atoms with Crippen molar-refractivity contribution in [3.63, 3.8) is 0 Å². The van der Waals surface area contributed by atoms with E-state index in [4.69, 9.17) is 5.11 Å². The zero-order chi connectivity index (χ0) is 5.78. The van der Waals surface area contributed by atoms with Crippen molar-refractivity contribution in [2.45, 2.75) is 19.3 Å². The zero-order valence-electron chi connectivity index (χ0n) is 4.55. The minimum atomic E-state index is -0.561. The molecule has 0 radical (unpaired) electrons. The highest BCUT2D eigenvalue weighted by atomic mass is 16.4. The van der Waals surface area contributed by atoms with Crippen LogP contribution in [0.1, 0.15) is 19.3 Å². The lowest BCUT2D eigenvalue weighted by Gasteiger charge is -2.19. The first-order valence-corrected chi connectivity index (χ1v) is 2.99. The molecule has 2 aliphatic carbocycles. The van der Waals surface area contributed by atoms with Gasteiger partial charge in [-0.25, -0.2) is 0 Å². The Bertz CT molecular complexity index is 149. The molecular weight excluding hydrogens is 104 g/mol. The number of hydrogen-bond donors (Lipinski definition) is 1. The summed E-state index contributed by atoms with van der Waals surface area (Å²) in [6, 6.07) is 0. The normalized spacial score (nSPS) is 49.2. The Hall–Kier alpha value is -0.530. The van der Waals surface area contributed by atoms with Crippen molar-refractivity contribution in [1.29, 1.82) is 0 Å². The molecule has 44 valence electrons. The fraction of sp³-hybridized carbons (Fsp3) is 0.833. The highest BCUT2D eigenvalue weighted by Crippen LogP contribution is 2.67. The quantitative estimate of drug-likeness (QED) is 0.546. The minimum Gasteiger partial charge on any atom is -0.481 e. The number of fused-ring (bicyclic) bond motifs is 1. The third-order valence-electron chi connectivity index (χ3n) is 2.60. The molecule has 2 fully saturated rings. The first-order valence-electron chi connectivity index (χ1n) is 2.99. The second kappa shape index (κ2) is 0.925. The van der Waals surface area contributed by atoms with Crippen LogP contribution in [0.5, 0.6) is 0 Å². The highest BCUT2D eigenvalue weighted by molar-refractivity contribution is 5.80. The number of carbonyl (C=O) groups is 1. The fourth-order valence-corrected chi connectivity index (χ4v) is 1.65. The van der Waals surface area contributed by atoms with Crippen molar-refractivity contribution in [2.24, 2.45) is 11.3 Å². The number of carboxylic acid groups (broad SMARTS) is 1. The lowest BCUT2D eigenvalue weighted by Crippen LogP contribution is -2.24. The van der Waals surface area contributed by atoms with Gasteiger partial charge in [0.15, 0.2) is 0 Å². The Morgan fingerprint density at radius 2 is 2.50 bits per heavy atom. The third-order valence-corrected chi connectivity index (χ3v) is 2.60. The van der Waals surface area contributed by atoms with Gasteiger partial charge in [-0.1, -0.05) is 0 Å². The van der Waals surface area contributed by atoms with E-state index in [0.29, 0.717) is 5.92 Å². The van der Waals surface area contributed by atoms with Crippen LogP contribution in [0.3, 0.4) is 0 Å². The summed E-state index contributed by atoms with van der Waals surface area (Å²) in [4.78, 5) is 10.3. The summed E-state index contributed by atoms with van der Waals surface area (Å²) in [5, 5.41) is 8.53. The van der Waals surface area contributed by atoms with Gasteiger partial charge in [-0.15, -0.1) is 0 Å². The summed E-state index contributed by atoms with van der Waals surface area (Å²) < 4.78 is 0. The van der Waals surface area contributed by atoms with E-state index in [-0.39, 0.29) is 5.41 Å². The predicted molar refractivity (Wildman–Crippen MR) is 27.4 cm³/mol. The summed E-state index contributed by atoms with van der Waals surface area (Å²) in [7, 11) is 0. The molecule has 8 heavy (non-hydrogen) atoms. The maximum absolute atomic E-state index is 10.3. The molecule has 0 aromatic carbocycles. The Morgan fingerprint density at radius 1 is 1.75 bits per heavy atom. The van der Waals surface area contributed by atoms with Crippen LogP contribution in [0, 0.1) is 11.3 Å².